The molecule has 0 amide bonds. The summed E-state index contributed by atoms with van der Waals surface area (Å²) in [5.74, 6) is 0. The van der Waals surface area contributed by atoms with E-state index in [9.17, 15) is 9.59 Å². The molecule has 2 heteroatoms. The van der Waals surface area contributed by atoms with Crippen molar-refractivity contribution in [2.24, 2.45) is 0 Å². The quantitative estimate of drug-likeness (QED) is 0.325. The third-order valence-electron chi connectivity index (χ3n) is 2.89. The second kappa shape index (κ2) is 15.7. The second-order valence-electron chi connectivity index (χ2n) is 5.94. The molecule has 0 unspecified atom stereocenters. The molecule has 0 aliphatic heterocycles. The molecule has 0 bridgehead atoms. The van der Waals surface area contributed by atoms with Crippen molar-refractivity contribution in [2.75, 3.05) is 0 Å². The van der Waals surface area contributed by atoms with Crippen LogP contribution in [0.3, 0.4) is 0 Å². The van der Waals surface area contributed by atoms with E-state index in [0.29, 0.717) is 0 Å². The Morgan fingerprint density at radius 1 is 0.636 bits per heavy atom. The molecule has 0 radical (unpaired) electrons. The fourth-order valence-electron chi connectivity index (χ4n) is 1.58. The summed E-state index contributed by atoms with van der Waals surface area (Å²) in [6.45, 7) is 12.3. The van der Waals surface area contributed by atoms with Gasteiger partial charge < -0.3 is 0 Å². The van der Waals surface area contributed by atoms with E-state index in [1.807, 2.05) is 13.8 Å². The molecule has 0 heterocycles. The monoisotopic (exact) mass is 304 g/mol. The first kappa shape index (κ1) is 22.6. The average Bonchev–Trinajstić information content (AvgIpc) is 2.39. The Hall–Kier alpha value is -1.70. The van der Waals surface area contributed by atoms with Crippen LogP contribution in [0, 0.1) is 0 Å². The van der Waals surface area contributed by atoms with Crippen molar-refractivity contribution in [1.29, 1.82) is 0 Å². The Labute approximate surface area is 136 Å². The molecule has 0 atom stereocenters. The molecular weight excluding hydrogens is 272 g/mol. The lowest BCUT2D eigenvalue weighted by Crippen LogP contribution is -1.77. The number of hydrogen-bond donors (Lipinski definition) is 0. The van der Waals surface area contributed by atoms with Gasteiger partial charge in [0, 0.05) is 0 Å². The predicted octanol–water partition coefficient (Wildman–Crippen LogP) is 5.76. The predicted molar refractivity (Wildman–Crippen MR) is 97.0 cm³/mol. The number of allylic oxidation sites excluding steroid dienone is 8. The minimum absolute atomic E-state index is 0.845. The van der Waals surface area contributed by atoms with Gasteiger partial charge in [-0.2, -0.15) is 0 Å². The minimum atomic E-state index is 0.845. The van der Waals surface area contributed by atoms with Crippen LogP contribution in [0.15, 0.2) is 46.6 Å². The summed E-state index contributed by atoms with van der Waals surface area (Å²) >= 11 is 0. The van der Waals surface area contributed by atoms with Crippen LogP contribution in [0.5, 0.6) is 0 Å². The van der Waals surface area contributed by atoms with E-state index in [1.54, 1.807) is 12.2 Å². The zero-order valence-electron chi connectivity index (χ0n) is 15.1. The molecule has 0 fully saturated rings. The summed E-state index contributed by atoms with van der Waals surface area (Å²) in [5, 5.41) is 0. The zero-order chi connectivity index (χ0) is 17.4. The third kappa shape index (κ3) is 20.6. The van der Waals surface area contributed by atoms with Crippen LogP contribution in [0.25, 0.3) is 0 Å². The van der Waals surface area contributed by atoms with Gasteiger partial charge in [0.15, 0.2) is 0 Å². The van der Waals surface area contributed by atoms with Crippen LogP contribution >= 0.6 is 0 Å². The largest absolute Gasteiger partial charge is 0.299 e. The van der Waals surface area contributed by atoms with Gasteiger partial charge in [-0.15, -0.1) is 0 Å². The van der Waals surface area contributed by atoms with Gasteiger partial charge in [-0.3, -0.25) is 9.59 Å². The maximum atomic E-state index is 10.0. The van der Waals surface area contributed by atoms with E-state index in [0.717, 1.165) is 49.4 Å². The number of carbonyl (C=O) groups excluding carboxylic acids is 2. The van der Waals surface area contributed by atoms with Gasteiger partial charge in [0.25, 0.3) is 0 Å². The summed E-state index contributed by atoms with van der Waals surface area (Å²) in [6.07, 6.45) is 13.4. The van der Waals surface area contributed by atoms with Crippen molar-refractivity contribution < 1.29 is 9.59 Å². The van der Waals surface area contributed by atoms with Gasteiger partial charge in [0.1, 0.15) is 12.6 Å². The molecule has 0 aromatic rings. The molecule has 0 saturated carbocycles. The molecule has 0 N–H and O–H groups in total. The van der Waals surface area contributed by atoms with E-state index < -0.39 is 0 Å². The molecule has 124 valence electrons. The van der Waals surface area contributed by atoms with Crippen molar-refractivity contribution in [2.45, 2.75) is 67.2 Å². The second-order valence-corrected chi connectivity index (χ2v) is 5.94. The molecule has 0 aliphatic rings. The highest BCUT2D eigenvalue weighted by Gasteiger charge is 1.87. The molecular formula is C20H32O2. The fraction of sp³-hybridized carbons (Fsp3) is 0.500. The Bertz CT molecular complexity index is 385. The van der Waals surface area contributed by atoms with Crippen LogP contribution in [0.2, 0.25) is 0 Å². The Morgan fingerprint density at radius 2 is 0.955 bits per heavy atom. The average molecular weight is 304 g/mol. The summed E-state index contributed by atoms with van der Waals surface area (Å²) in [5.41, 5.74) is 4.97. The molecule has 0 saturated heterocycles. The highest BCUT2D eigenvalue weighted by Crippen LogP contribution is 2.05. The molecule has 2 nitrogen and oxygen atoms in total. The van der Waals surface area contributed by atoms with E-state index >= 15 is 0 Å². The van der Waals surface area contributed by atoms with Crippen molar-refractivity contribution in [3.63, 3.8) is 0 Å². The van der Waals surface area contributed by atoms with Gasteiger partial charge in [0.2, 0.25) is 0 Å². The van der Waals surface area contributed by atoms with Crippen molar-refractivity contribution in [1.82, 2.24) is 0 Å². The summed E-state index contributed by atoms with van der Waals surface area (Å²) < 4.78 is 0. The van der Waals surface area contributed by atoms with E-state index in [-0.39, 0.29) is 0 Å². The number of hydrogen-bond acceptors (Lipinski definition) is 2. The highest BCUT2D eigenvalue weighted by atomic mass is 16.1. The van der Waals surface area contributed by atoms with Crippen LogP contribution < -0.4 is 0 Å². The lowest BCUT2D eigenvalue weighted by atomic mass is 10.1. The first-order valence-corrected chi connectivity index (χ1v) is 7.82. The van der Waals surface area contributed by atoms with E-state index in [4.69, 9.17) is 0 Å². The molecule has 0 aliphatic carbocycles. The lowest BCUT2D eigenvalue weighted by Gasteiger charge is -1.94. The Balaban J connectivity index is 0. The maximum Gasteiger partial charge on any atom is 0.142 e. The Morgan fingerprint density at radius 3 is 1.18 bits per heavy atom. The lowest BCUT2D eigenvalue weighted by molar-refractivity contribution is -0.104. The van der Waals surface area contributed by atoms with Gasteiger partial charge >= 0.3 is 0 Å². The standard InChI is InChI=1S/2C10H16O/c2*1-9(2)5-4-6-10(3)7-8-11/h2*5,7-8H,4,6H2,1-3H3. The molecule has 0 rings (SSSR count). The SMILES string of the molecule is CC(C)=CCCC(C)=CC=O.CC(C)=CCCC(C)=CC=O. The zero-order valence-corrected chi connectivity index (χ0v) is 15.1. The smallest absolute Gasteiger partial charge is 0.142 e. The van der Waals surface area contributed by atoms with Gasteiger partial charge in [-0.1, -0.05) is 34.4 Å². The maximum absolute atomic E-state index is 10.0. The van der Waals surface area contributed by atoms with Crippen molar-refractivity contribution >= 4 is 12.6 Å². The van der Waals surface area contributed by atoms with Crippen molar-refractivity contribution in [3.05, 3.63) is 46.6 Å². The van der Waals surface area contributed by atoms with Gasteiger partial charge in [-0.05, 0) is 79.4 Å². The summed E-state index contributed by atoms with van der Waals surface area (Å²) in [4.78, 5) is 20.0. The van der Waals surface area contributed by atoms with E-state index in [1.165, 1.54) is 11.1 Å². The molecule has 0 spiro atoms. The topological polar surface area (TPSA) is 34.1 Å². The fourth-order valence-corrected chi connectivity index (χ4v) is 1.58. The molecule has 0 aromatic heterocycles. The summed E-state index contributed by atoms with van der Waals surface area (Å²) in [7, 11) is 0. The minimum Gasteiger partial charge on any atom is -0.299 e. The first-order chi connectivity index (χ1) is 10.3. The van der Waals surface area contributed by atoms with Crippen LogP contribution in [0.1, 0.15) is 67.2 Å². The number of rotatable bonds is 8. The van der Waals surface area contributed by atoms with E-state index in [2.05, 4.69) is 39.8 Å². The number of carbonyl (C=O) groups is 2. The van der Waals surface area contributed by atoms with Crippen LogP contribution in [-0.4, -0.2) is 12.6 Å². The van der Waals surface area contributed by atoms with Crippen molar-refractivity contribution in [3.8, 4) is 0 Å². The molecule has 0 aromatic carbocycles. The first-order valence-electron chi connectivity index (χ1n) is 7.82. The normalized spacial score (nSPS) is 11.0. The third-order valence-corrected chi connectivity index (χ3v) is 2.89. The van der Waals surface area contributed by atoms with Gasteiger partial charge in [-0.25, -0.2) is 0 Å². The summed E-state index contributed by atoms with van der Waals surface area (Å²) in [6, 6.07) is 0. The number of aldehydes is 2. The molecule has 22 heavy (non-hydrogen) atoms. The highest BCUT2D eigenvalue weighted by molar-refractivity contribution is 5.66. The Kier molecular flexibility index (Phi) is 16.1. The van der Waals surface area contributed by atoms with Crippen LogP contribution in [-0.2, 0) is 9.59 Å². The van der Waals surface area contributed by atoms with Gasteiger partial charge in [0.05, 0.1) is 0 Å². The van der Waals surface area contributed by atoms with Crippen LogP contribution in [0.4, 0.5) is 0 Å².